The Labute approximate surface area is 218 Å². The fourth-order valence-electron chi connectivity index (χ4n) is 4.64. The van der Waals surface area contributed by atoms with Crippen LogP contribution in [0.1, 0.15) is 49.9 Å². The molecule has 0 saturated heterocycles. The summed E-state index contributed by atoms with van der Waals surface area (Å²) >= 11 is 0. The molecule has 5 rings (SSSR count). The molecule has 38 heavy (non-hydrogen) atoms. The number of esters is 1. The molecule has 4 heterocycles. The van der Waals surface area contributed by atoms with Crippen LogP contribution in [-0.2, 0) is 29.2 Å². The van der Waals surface area contributed by atoms with Crippen molar-refractivity contribution in [2.45, 2.75) is 52.4 Å². The second-order valence-corrected chi connectivity index (χ2v) is 9.00. The Balaban J connectivity index is 1.51. The van der Waals surface area contributed by atoms with E-state index in [2.05, 4.69) is 32.3 Å². The molecule has 1 atom stereocenters. The normalized spacial score (nSPS) is 13.7. The molecule has 0 saturated carbocycles. The monoisotopic (exact) mass is 522 g/mol. The lowest BCUT2D eigenvalue weighted by atomic mass is 10.1. The first-order valence-corrected chi connectivity index (χ1v) is 12.7. The van der Waals surface area contributed by atoms with Crippen molar-refractivity contribution in [1.29, 1.82) is 0 Å². The average Bonchev–Trinajstić information content (AvgIpc) is 3.59. The number of fused-ring (bicyclic) bond motifs is 2. The molecule has 1 aliphatic heterocycles. The van der Waals surface area contributed by atoms with E-state index < -0.39 is 5.97 Å². The molecule has 0 radical (unpaired) electrons. The SMILES string of the molecule is CCC[C@@H](c1nnnn1CC(=O)OCC)N(Cc1ccco1)Cc1cc2cc3c(cc2[nH]c1=O)OCCO3. The third kappa shape index (κ3) is 5.54. The molecule has 0 aliphatic carbocycles. The standard InChI is InChI=1S/C26H30N6O6/c1-3-6-21(25-28-29-30-32(25)16-24(33)35-4-2)31(15-19-7-5-8-36-19)14-18-11-17-12-22-23(38-10-9-37-22)13-20(17)27-26(18)34/h5,7-8,11-13,21H,3-4,6,9-10,14-16H2,1-2H3,(H,27,34)/t21-/m0/s1. The third-order valence-electron chi connectivity index (χ3n) is 6.34. The number of furan rings is 1. The van der Waals surface area contributed by atoms with Crippen molar-refractivity contribution < 1.29 is 23.4 Å². The summed E-state index contributed by atoms with van der Waals surface area (Å²) in [5, 5.41) is 13.0. The molecule has 1 aliphatic rings. The van der Waals surface area contributed by atoms with Gasteiger partial charge in [0.25, 0.3) is 5.56 Å². The summed E-state index contributed by atoms with van der Waals surface area (Å²) in [5.74, 6) is 2.09. The molecule has 12 nitrogen and oxygen atoms in total. The number of tetrazole rings is 1. The van der Waals surface area contributed by atoms with Crippen molar-refractivity contribution in [2.75, 3.05) is 19.8 Å². The van der Waals surface area contributed by atoms with Crippen LogP contribution in [0.15, 0.2) is 45.8 Å². The fraction of sp³-hybridized carbons (Fsp3) is 0.423. The first kappa shape index (κ1) is 25.5. The smallest absolute Gasteiger partial charge is 0.327 e. The van der Waals surface area contributed by atoms with E-state index in [1.165, 1.54) is 4.68 Å². The molecular weight excluding hydrogens is 492 g/mol. The first-order valence-electron chi connectivity index (χ1n) is 12.7. The van der Waals surface area contributed by atoms with E-state index >= 15 is 0 Å². The number of ether oxygens (including phenoxy) is 3. The molecule has 0 fully saturated rings. The molecule has 0 spiro atoms. The van der Waals surface area contributed by atoms with Crippen LogP contribution in [0.5, 0.6) is 11.5 Å². The van der Waals surface area contributed by atoms with Gasteiger partial charge in [0.05, 0.1) is 31.0 Å². The number of hydrogen-bond donors (Lipinski definition) is 1. The second kappa shape index (κ2) is 11.5. The van der Waals surface area contributed by atoms with E-state index in [-0.39, 0.29) is 31.3 Å². The van der Waals surface area contributed by atoms with Crippen molar-refractivity contribution >= 4 is 16.9 Å². The molecule has 4 aromatic rings. The Morgan fingerprint density at radius 1 is 1.18 bits per heavy atom. The van der Waals surface area contributed by atoms with Crippen molar-refractivity contribution in [2.24, 2.45) is 0 Å². The zero-order valence-corrected chi connectivity index (χ0v) is 21.4. The number of carbonyl (C=O) groups excluding carboxylic acids is 1. The summed E-state index contributed by atoms with van der Waals surface area (Å²) < 4.78 is 23.6. The van der Waals surface area contributed by atoms with E-state index in [1.807, 2.05) is 24.3 Å². The van der Waals surface area contributed by atoms with E-state index in [9.17, 15) is 9.59 Å². The number of H-pyrrole nitrogens is 1. The summed E-state index contributed by atoms with van der Waals surface area (Å²) in [6.45, 7) is 5.62. The molecule has 200 valence electrons. The number of pyridine rings is 1. The summed E-state index contributed by atoms with van der Waals surface area (Å²) in [7, 11) is 0. The molecule has 12 heteroatoms. The number of aromatic amines is 1. The zero-order chi connectivity index (χ0) is 26.5. The van der Waals surface area contributed by atoms with E-state index in [4.69, 9.17) is 18.6 Å². The fourth-order valence-corrected chi connectivity index (χ4v) is 4.64. The highest BCUT2D eigenvalue weighted by Crippen LogP contribution is 2.34. The maximum atomic E-state index is 13.2. The van der Waals surface area contributed by atoms with Gasteiger partial charge in [-0.2, -0.15) is 0 Å². The number of rotatable bonds is 11. The topological polar surface area (TPSA) is 138 Å². The summed E-state index contributed by atoms with van der Waals surface area (Å²) in [5.41, 5.74) is 1.02. The van der Waals surface area contributed by atoms with Gasteiger partial charge < -0.3 is 23.6 Å². The third-order valence-corrected chi connectivity index (χ3v) is 6.34. The molecule has 1 aromatic carbocycles. The Morgan fingerprint density at radius 3 is 2.74 bits per heavy atom. The lowest BCUT2D eigenvalue weighted by Crippen LogP contribution is -2.33. The summed E-state index contributed by atoms with van der Waals surface area (Å²) in [6.07, 6.45) is 3.12. The van der Waals surface area contributed by atoms with E-state index in [0.29, 0.717) is 54.6 Å². The van der Waals surface area contributed by atoms with Gasteiger partial charge in [0.15, 0.2) is 17.3 Å². The highest BCUT2D eigenvalue weighted by molar-refractivity contribution is 5.83. The Bertz CT molecular complexity index is 1450. The van der Waals surface area contributed by atoms with Gasteiger partial charge in [-0.3, -0.25) is 14.5 Å². The lowest BCUT2D eigenvalue weighted by molar-refractivity contribution is -0.144. The van der Waals surface area contributed by atoms with Gasteiger partial charge in [-0.15, -0.1) is 5.10 Å². The minimum atomic E-state index is -0.422. The predicted octanol–water partition coefficient (Wildman–Crippen LogP) is 2.99. The summed E-state index contributed by atoms with van der Waals surface area (Å²) in [6, 6.07) is 8.94. The molecule has 0 amide bonds. The van der Waals surface area contributed by atoms with Crippen LogP contribution in [0.4, 0.5) is 0 Å². The number of benzene rings is 1. The van der Waals surface area contributed by atoms with Crippen LogP contribution in [0.2, 0.25) is 0 Å². The van der Waals surface area contributed by atoms with Gasteiger partial charge >= 0.3 is 5.97 Å². The van der Waals surface area contributed by atoms with Crippen LogP contribution in [-0.4, -0.2) is 55.9 Å². The first-order chi connectivity index (χ1) is 18.6. The van der Waals surface area contributed by atoms with Crippen LogP contribution in [0.25, 0.3) is 10.9 Å². The molecule has 3 aromatic heterocycles. The largest absolute Gasteiger partial charge is 0.486 e. The molecule has 0 bridgehead atoms. The van der Waals surface area contributed by atoms with Crippen molar-refractivity contribution in [3.05, 3.63) is 64.1 Å². The molecule has 1 N–H and O–H groups in total. The zero-order valence-electron chi connectivity index (χ0n) is 21.4. The van der Waals surface area contributed by atoms with Gasteiger partial charge in [-0.25, -0.2) is 4.68 Å². The minimum Gasteiger partial charge on any atom is -0.486 e. The summed E-state index contributed by atoms with van der Waals surface area (Å²) in [4.78, 5) is 30.5. The minimum absolute atomic E-state index is 0.102. The number of nitrogens with zero attached hydrogens (tertiary/aromatic N) is 5. The van der Waals surface area contributed by atoms with Crippen LogP contribution in [0, 0.1) is 0 Å². The van der Waals surface area contributed by atoms with Crippen molar-refractivity contribution in [3.8, 4) is 11.5 Å². The quantitative estimate of drug-likeness (QED) is 0.293. The predicted molar refractivity (Wildman–Crippen MR) is 136 cm³/mol. The number of nitrogens with one attached hydrogen (secondary N) is 1. The Hall–Kier alpha value is -4.19. The van der Waals surface area contributed by atoms with Gasteiger partial charge in [0.2, 0.25) is 0 Å². The average molecular weight is 523 g/mol. The Morgan fingerprint density at radius 2 is 2.00 bits per heavy atom. The van der Waals surface area contributed by atoms with Crippen molar-refractivity contribution in [3.63, 3.8) is 0 Å². The van der Waals surface area contributed by atoms with Gasteiger partial charge in [0.1, 0.15) is 25.5 Å². The maximum Gasteiger partial charge on any atom is 0.327 e. The van der Waals surface area contributed by atoms with Crippen molar-refractivity contribution in [1.82, 2.24) is 30.1 Å². The van der Waals surface area contributed by atoms with E-state index in [1.54, 1.807) is 19.3 Å². The lowest BCUT2D eigenvalue weighted by Gasteiger charge is -2.30. The van der Waals surface area contributed by atoms with Crippen LogP contribution in [0.3, 0.4) is 0 Å². The highest BCUT2D eigenvalue weighted by atomic mass is 16.6. The van der Waals surface area contributed by atoms with Gasteiger partial charge in [-0.1, -0.05) is 13.3 Å². The number of carbonyl (C=O) groups is 1. The number of aromatic nitrogens is 5. The Kier molecular flexibility index (Phi) is 7.68. The van der Waals surface area contributed by atoms with E-state index in [0.717, 1.165) is 17.6 Å². The number of hydrogen-bond acceptors (Lipinski definition) is 10. The second-order valence-electron chi connectivity index (χ2n) is 9.00. The van der Waals surface area contributed by atoms with Crippen LogP contribution < -0.4 is 15.0 Å². The molecule has 0 unspecified atom stereocenters. The van der Waals surface area contributed by atoms with Gasteiger partial charge in [0, 0.05) is 23.6 Å². The van der Waals surface area contributed by atoms with Gasteiger partial charge in [-0.05, 0) is 48.0 Å². The highest BCUT2D eigenvalue weighted by Gasteiger charge is 2.28. The molecular formula is C26H30N6O6. The van der Waals surface area contributed by atoms with Crippen LogP contribution >= 0.6 is 0 Å². The maximum absolute atomic E-state index is 13.2.